The number of nitrogens with two attached hydrogens (primary N) is 2. The lowest BCUT2D eigenvalue weighted by atomic mass is 9.57. The van der Waals surface area contributed by atoms with E-state index in [-0.39, 0.29) is 18.6 Å². The number of carbonyl (C=O) groups excluding carboxylic acids is 6. The number of amides is 8. The van der Waals surface area contributed by atoms with E-state index in [0.29, 0.717) is 20.9 Å². The molecule has 2 aliphatic carbocycles. The van der Waals surface area contributed by atoms with Crippen molar-refractivity contribution in [2.45, 2.75) is 18.8 Å². The fraction of sp³-hybridized carbons (Fsp3) is 0.364. The van der Waals surface area contributed by atoms with Gasteiger partial charge in [-0.3, -0.25) is 19.2 Å². The summed E-state index contributed by atoms with van der Waals surface area (Å²) >= 11 is 0. The van der Waals surface area contributed by atoms with Gasteiger partial charge in [0.15, 0.2) is 0 Å². The first-order valence-electron chi connectivity index (χ1n) is 10.5. The van der Waals surface area contributed by atoms with Gasteiger partial charge >= 0.3 is 12.1 Å². The zero-order valence-corrected chi connectivity index (χ0v) is 17.2. The molecular weight excluding hydrogens is 432 g/mol. The van der Waals surface area contributed by atoms with Gasteiger partial charge in [-0.2, -0.15) is 9.80 Å². The van der Waals surface area contributed by atoms with Gasteiger partial charge in [0.05, 0.1) is 23.7 Å². The number of primary amides is 2. The summed E-state index contributed by atoms with van der Waals surface area (Å²) in [6.45, 7) is 0. The van der Waals surface area contributed by atoms with Crippen LogP contribution in [0, 0.1) is 29.6 Å². The highest BCUT2D eigenvalue weighted by Gasteiger charge is 2.63. The average molecular weight is 452 g/mol. The Labute approximate surface area is 187 Å². The number of hydrogen-bond acceptors (Lipinski definition) is 7. The Kier molecular flexibility index (Phi) is 4.42. The number of benzene rings is 1. The van der Waals surface area contributed by atoms with Gasteiger partial charge in [-0.25, -0.2) is 9.59 Å². The first-order valence-corrected chi connectivity index (χ1v) is 10.5. The van der Waals surface area contributed by atoms with Gasteiger partial charge < -0.3 is 16.6 Å². The number of nitrogens with zero attached hydrogens (tertiary/aromatic N) is 2. The summed E-state index contributed by atoms with van der Waals surface area (Å²) in [6, 6.07) is 3.75. The van der Waals surface area contributed by atoms with Gasteiger partial charge in [0, 0.05) is 5.92 Å². The molecule has 0 aromatic heterocycles. The van der Waals surface area contributed by atoms with E-state index >= 15 is 0 Å². The molecule has 6 atom stereocenters. The Hall–Kier alpha value is -4.02. The van der Waals surface area contributed by atoms with Crippen LogP contribution in [0.3, 0.4) is 0 Å². The highest BCUT2D eigenvalue weighted by molar-refractivity contribution is 6.18. The van der Waals surface area contributed by atoms with Crippen molar-refractivity contribution in [2.24, 2.45) is 41.1 Å². The molecule has 6 unspecified atom stereocenters. The fourth-order valence-electron chi connectivity index (χ4n) is 6.08. The van der Waals surface area contributed by atoms with Crippen molar-refractivity contribution in [3.63, 3.8) is 0 Å². The van der Waals surface area contributed by atoms with Crippen LogP contribution >= 0.6 is 0 Å². The predicted octanol–water partition coefficient (Wildman–Crippen LogP) is 0.186. The van der Waals surface area contributed by atoms with E-state index in [0.717, 1.165) is 0 Å². The molecule has 1 saturated carbocycles. The van der Waals surface area contributed by atoms with Crippen molar-refractivity contribution in [2.75, 3.05) is 0 Å². The van der Waals surface area contributed by atoms with Gasteiger partial charge in [0.2, 0.25) is 23.6 Å². The second-order valence-corrected chi connectivity index (χ2v) is 8.82. The van der Waals surface area contributed by atoms with Crippen LogP contribution < -0.4 is 11.5 Å². The van der Waals surface area contributed by atoms with Gasteiger partial charge in [-0.15, -0.1) is 0 Å². The Bertz CT molecular complexity index is 1170. The summed E-state index contributed by atoms with van der Waals surface area (Å²) in [4.78, 5) is 76.4. The lowest BCUT2D eigenvalue weighted by Crippen LogP contribution is -2.44. The molecule has 11 nitrogen and oxygen atoms in total. The largest absolute Gasteiger partial charge is 0.508 e. The molecule has 0 radical (unpaired) electrons. The summed E-state index contributed by atoms with van der Waals surface area (Å²) in [6.07, 6.45) is 1.99. The number of imide groups is 6. The smallest absolute Gasteiger partial charge is 0.328 e. The number of phenols is 1. The number of phenolic OH excluding ortho intramolecular Hbond substituents is 1. The summed E-state index contributed by atoms with van der Waals surface area (Å²) in [5.74, 6) is -7.72. The van der Waals surface area contributed by atoms with Crippen LogP contribution in [-0.4, -0.2) is 50.6 Å². The maximum absolute atomic E-state index is 13.1. The summed E-state index contributed by atoms with van der Waals surface area (Å²) in [7, 11) is 0. The number of rotatable bonds is 1. The predicted molar refractivity (Wildman–Crippen MR) is 108 cm³/mol. The number of carbonyl (C=O) groups is 6. The second kappa shape index (κ2) is 6.99. The van der Waals surface area contributed by atoms with E-state index < -0.39 is 71.2 Å². The molecule has 0 spiro atoms. The molecule has 5 N–H and O–H groups in total. The second-order valence-electron chi connectivity index (χ2n) is 8.82. The van der Waals surface area contributed by atoms with Crippen LogP contribution in [0.25, 0.3) is 0 Å². The molecule has 4 aliphatic rings. The van der Waals surface area contributed by atoms with Gasteiger partial charge in [0.1, 0.15) is 5.75 Å². The highest BCUT2D eigenvalue weighted by Crippen LogP contribution is 2.57. The van der Waals surface area contributed by atoms with E-state index in [9.17, 15) is 33.9 Å². The molecule has 1 aromatic carbocycles. The minimum absolute atomic E-state index is 0.00148. The molecule has 8 amide bonds. The van der Waals surface area contributed by atoms with E-state index in [4.69, 9.17) is 11.5 Å². The van der Waals surface area contributed by atoms with Crippen molar-refractivity contribution >= 4 is 35.7 Å². The van der Waals surface area contributed by atoms with Crippen LogP contribution in [-0.2, 0) is 19.2 Å². The van der Waals surface area contributed by atoms with Crippen LogP contribution in [0.2, 0.25) is 0 Å². The first kappa shape index (κ1) is 20.9. The summed E-state index contributed by atoms with van der Waals surface area (Å²) in [5.41, 5.74) is 11.8. The van der Waals surface area contributed by atoms with E-state index in [1.165, 1.54) is 12.1 Å². The first-order chi connectivity index (χ1) is 15.6. The summed E-state index contributed by atoms with van der Waals surface area (Å²) < 4.78 is 0. The molecule has 0 bridgehead atoms. The minimum Gasteiger partial charge on any atom is -0.508 e. The third-order valence-corrected chi connectivity index (χ3v) is 7.34. The Morgan fingerprint density at radius 2 is 1.33 bits per heavy atom. The van der Waals surface area contributed by atoms with E-state index in [1.54, 1.807) is 18.2 Å². The van der Waals surface area contributed by atoms with Crippen LogP contribution in [0.15, 0.2) is 35.9 Å². The third-order valence-electron chi connectivity index (χ3n) is 7.34. The molecule has 1 aromatic rings. The van der Waals surface area contributed by atoms with Crippen LogP contribution in [0.1, 0.15) is 24.3 Å². The molecule has 170 valence electrons. The molecular formula is C22H20N4O7. The number of likely N-dealkylation sites (tertiary alicyclic amines) is 2. The Morgan fingerprint density at radius 3 is 1.91 bits per heavy atom. The topological polar surface area (TPSA) is 181 Å². The zero-order valence-electron chi connectivity index (χ0n) is 17.2. The van der Waals surface area contributed by atoms with E-state index in [1.807, 2.05) is 0 Å². The monoisotopic (exact) mass is 452 g/mol. The van der Waals surface area contributed by atoms with Crippen LogP contribution in [0.4, 0.5) is 9.59 Å². The Morgan fingerprint density at radius 1 is 0.788 bits per heavy atom. The zero-order chi connectivity index (χ0) is 23.8. The molecule has 3 fully saturated rings. The maximum Gasteiger partial charge on any atom is 0.328 e. The molecule has 2 aliphatic heterocycles. The van der Waals surface area contributed by atoms with E-state index in [2.05, 4.69) is 0 Å². The number of allylic oxidation sites excluding steroid dienone is 2. The van der Waals surface area contributed by atoms with Crippen molar-refractivity contribution in [3.8, 4) is 5.75 Å². The SMILES string of the molecule is NC(=O)N1C(=O)C2CC=C3C(CC4C(=O)N(C(N)=O)C(=O)C4C3c3ccc(O)cc3)C2C1=O. The van der Waals surface area contributed by atoms with Gasteiger partial charge in [-0.1, -0.05) is 23.8 Å². The molecule has 33 heavy (non-hydrogen) atoms. The molecule has 11 heteroatoms. The maximum atomic E-state index is 13.1. The quantitative estimate of drug-likeness (QED) is 0.401. The molecule has 2 heterocycles. The standard InChI is InChI=1S/C22H20N4O7/c23-21(32)25-17(28)11-6-5-10-12(15(11)19(25)30)7-13-16(20(31)26(18(13)29)22(24)33)14(10)8-1-3-9(27)4-2-8/h1-5,11-16,27H,6-7H2,(H2,23,32)(H2,24,33). The molecule has 2 saturated heterocycles. The normalized spacial score (nSPS) is 32.9. The Balaban J connectivity index is 1.65. The lowest BCUT2D eigenvalue weighted by molar-refractivity contribution is -0.138. The lowest BCUT2D eigenvalue weighted by Gasteiger charge is -2.43. The fourth-order valence-corrected chi connectivity index (χ4v) is 6.08. The number of fused-ring (bicyclic) bond motifs is 4. The summed E-state index contributed by atoms with van der Waals surface area (Å²) in [5, 5.41) is 9.72. The number of hydrogen-bond donors (Lipinski definition) is 3. The van der Waals surface area contributed by atoms with Crippen molar-refractivity contribution < 1.29 is 33.9 Å². The number of aromatic hydroxyl groups is 1. The van der Waals surface area contributed by atoms with Crippen LogP contribution in [0.5, 0.6) is 5.75 Å². The van der Waals surface area contributed by atoms with Crippen molar-refractivity contribution in [1.29, 1.82) is 0 Å². The minimum atomic E-state index is -1.18. The third kappa shape index (κ3) is 2.74. The van der Waals surface area contributed by atoms with Crippen molar-refractivity contribution in [3.05, 3.63) is 41.5 Å². The molecule has 5 rings (SSSR count). The van der Waals surface area contributed by atoms with Crippen molar-refractivity contribution in [1.82, 2.24) is 9.80 Å². The van der Waals surface area contributed by atoms with Gasteiger partial charge in [-0.05, 0) is 36.5 Å². The average Bonchev–Trinajstić information content (AvgIpc) is 3.17. The highest BCUT2D eigenvalue weighted by atomic mass is 16.3. The number of urea groups is 2. The van der Waals surface area contributed by atoms with Gasteiger partial charge in [0.25, 0.3) is 0 Å².